The zero-order valence-electron chi connectivity index (χ0n) is 13.3. The van der Waals surface area contributed by atoms with E-state index < -0.39 is 11.0 Å². The van der Waals surface area contributed by atoms with Crippen molar-refractivity contribution in [3.05, 3.63) is 46.0 Å². The summed E-state index contributed by atoms with van der Waals surface area (Å²) in [7, 11) is 0. The average Bonchev–Trinajstić information content (AvgIpc) is 2.56. The van der Waals surface area contributed by atoms with Crippen LogP contribution in [-0.4, -0.2) is 23.5 Å². The number of rotatable bonds is 7. The van der Waals surface area contributed by atoms with Gasteiger partial charge in [0, 0.05) is 12.6 Å². The van der Waals surface area contributed by atoms with E-state index in [1.54, 1.807) is 13.0 Å². The summed E-state index contributed by atoms with van der Waals surface area (Å²) in [5.74, 6) is 0.102. The molecular weight excluding hydrogens is 296 g/mol. The molecule has 1 N–H and O–H groups in total. The molecule has 0 heterocycles. The minimum atomic E-state index is -0.697. The summed E-state index contributed by atoms with van der Waals surface area (Å²) in [6.45, 7) is 2.22. The molecule has 0 spiro atoms. The first-order valence-electron chi connectivity index (χ1n) is 7.93. The van der Waals surface area contributed by atoms with Gasteiger partial charge in [0.05, 0.1) is 11.0 Å². The van der Waals surface area contributed by atoms with Gasteiger partial charge in [-0.15, -0.1) is 0 Å². The van der Waals surface area contributed by atoms with Gasteiger partial charge in [-0.05, 0) is 45.1 Å². The highest BCUT2D eigenvalue weighted by atomic mass is 16.6. The van der Waals surface area contributed by atoms with E-state index >= 15 is 0 Å². The number of benzene rings is 1. The molecule has 6 heteroatoms. The van der Waals surface area contributed by atoms with Gasteiger partial charge in [0.2, 0.25) is 0 Å². The fraction of sp³-hybridized carbons (Fsp3) is 0.471. The van der Waals surface area contributed by atoms with E-state index in [0.717, 1.165) is 19.3 Å². The van der Waals surface area contributed by atoms with Crippen LogP contribution in [-0.2, 0) is 4.79 Å². The van der Waals surface area contributed by atoms with Crippen LogP contribution in [0.3, 0.4) is 0 Å². The maximum Gasteiger partial charge on any atom is 0.273 e. The van der Waals surface area contributed by atoms with Gasteiger partial charge in [-0.3, -0.25) is 14.9 Å². The van der Waals surface area contributed by atoms with Crippen LogP contribution in [0.2, 0.25) is 0 Å². The molecule has 0 bridgehead atoms. The number of non-ortho nitro benzene ring substituents is 1. The molecule has 124 valence electrons. The van der Waals surface area contributed by atoms with E-state index in [1.165, 1.54) is 36.6 Å². The fourth-order valence-corrected chi connectivity index (χ4v) is 2.55. The standard InChI is InChI=1S/C17H22N2O4/c1-13(23-16-9-5-8-15(12-16)19(21)22)17(20)18-11-10-14-6-3-2-4-7-14/h5-6,8-9,12-13H,2-4,7,10-11H2,1H3,(H,18,20)/t13-/m1/s1. The van der Waals surface area contributed by atoms with E-state index in [9.17, 15) is 14.9 Å². The van der Waals surface area contributed by atoms with Crippen LogP contribution in [0.1, 0.15) is 39.0 Å². The van der Waals surface area contributed by atoms with E-state index in [-0.39, 0.29) is 11.6 Å². The van der Waals surface area contributed by atoms with Crippen molar-refractivity contribution in [3.8, 4) is 5.75 Å². The van der Waals surface area contributed by atoms with Crippen molar-refractivity contribution in [2.45, 2.75) is 45.1 Å². The van der Waals surface area contributed by atoms with Crippen LogP contribution >= 0.6 is 0 Å². The number of hydrogen-bond acceptors (Lipinski definition) is 4. The molecule has 6 nitrogen and oxygen atoms in total. The number of nitro benzene ring substituents is 1. The van der Waals surface area contributed by atoms with Crippen molar-refractivity contribution in [2.24, 2.45) is 0 Å². The molecule has 0 radical (unpaired) electrons. The number of nitro groups is 1. The Labute approximate surface area is 135 Å². The Morgan fingerprint density at radius 1 is 1.43 bits per heavy atom. The van der Waals surface area contributed by atoms with Gasteiger partial charge in [-0.25, -0.2) is 0 Å². The van der Waals surface area contributed by atoms with Gasteiger partial charge >= 0.3 is 0 Å². The molecule has 0 saturated heterocycles. The molecule has 1 aromatic carbocycles. The topological polar surface area (TPSA) is 81.5 Å². The van der Waals surface area contributed by atoms with Gasteiger partial charge in [-0.1, -0.05) is 17.7 Å². The molecule has 1 atom stereocenters. The third-order valence-corrected chi connectivity index (χ3v) is 3.84. The lowest BCUT2D eigenvalue weighted by molar-refractivity contribution is -0.384. The fourth-order valence-electron chi connectivity index (χ4n) is 2.55. The lowest BCUT2D eigenvalue weighted by Gasteiger charge is -2.16. The number of nitrogens with one attached hydrogen (secondary N) is 1. The Bertz CT molecular complexity index is 598. The highest BCUT2D eigenvalue weighted by Crippen LogP contribution is 2.21. The number of nitrogens with zero attached hydrogens (tertiary/aromatic N) is 1. The van der Waals surface area contributed by atoms with Crippen LogP contribution in [0.15, 0.2) is 35.9 Å². The molecule has 23 heavy (non-hydrogen) atoms. The van der Waals surface area contributed by atoms with Gasteiger partial charge in [0.25, 0.3) is 11.6 Å². The average molecular weight is 318 g/mol. The Morgan fingerprint density at radius 2 is 2.26 bits per heavy atom. The number of amides is 1. The molecular formula is C17H22N2O4. The summed E-state index contributed by atoms with van der Waals surface area (Å²) in [5, 5.41) is 13.6. The lowest BCUT2D eigenvalue weighted by atomic mass is 9.97. The highest BCUT2D eigenvalue weighted by Gasteiger charge is 2.16. The van der Waals surface area contributed by atoms with E-state index in [2.05, 4.69) is 11.4 Å². The van der Waals surface area contributed by atoms with Crippen molar-refractivity contribution >= 4 is 11.6 Å². The van der Waals surface area contributed by atoms with E-state index in [1.807, 2.05) is 0 Å². The second-order valence-electron chi connectivity index (χ2n) is 5.66. The molecule has 2 rings (SSSR count). The summed E-state index contributed by atoms with van der Waals surface area (Å²) < 4.78 is 5.48. The van der Waals surface area contributed by atoms with Crippen LogP contribution < -0.4 is 10.1 Å². The first-order valence-corrected chi connectivity index (χ1v) is 7.93. The second-order valence-corrected chi connectivity index (χ2v) is 5.66. The van der Waals surface area contributed by atoms with Gasteiger partial charge in [0.15, 0.2) is 6.10 Å². The van der Waals surface area contributed by atoms with Crippen molar-refractivity contribution in [1.82, 2.24) is 5.32 Å². The summed E-state index contributed by atoms with van der Waals surface area (Å²) in [4.78, 5) is 22.3. The SMILES string of the molecule is C[C@@H](Oc1cccc([N+](=O)[O-])c1)C(=O)NCCC1=CCCCC1. The minimum absolute atomic E-state index is 0.0562. The normalized spacial score (nSPS) is 15.4. The predicted molar refractivity (Wildman–Crippen MR) is 87.4 cm³/mol. The maximum atomic E-state index is 12.0. The lowest BCUT2D eigenvalue weighted by Crippen LogP contribution is -2.37. The monoisotopic (exact) mass is 318 g/mol. The van der Waals surface area contributed by atoms with Gasteiger partial charge in [0.1, 0.15) is 5.75 Å². The number of ether oxygens (including phenoxy) is 1. The Hall–Kier alpha value is -2.37. The number of allylic oxidation sites excluding steroid dienone is 1. The third kappa shape index (κ3) is 5.39. The smallest absolute Gasteiger partial charge is 0.273 e. The summed E-state index contributed by atoms with van der Waals surface area (Å²) in [6.07, 6.45) is 7.17. The van der Waals surface area contributed by atoms with Crippen LogP contribution in [0.5, 0.6) is 5.75 Å². The Kier molecular flexibility index (Phi) is 6.14. The summed E-state index contributed by atoms with van der Waals surface area (Å²) in [5.41, 5.74) is 1.35. The number of hydrogen-bond donors (Lipinski definition) is 1. The first kappa shape index (κ1) is 17.0. The molecule has 0 aromatic heterocycles. The quantitative estimate of drug-likeness (QED) is 0.475. The zero-order valence-corrected chi connectivity index (χ0v) is 13.3. The molecule has 1 amide bonds. The predicted octanol–water partition coefficient (Wildman–Crippen LogP) is 3.37. The van der Waals surface area contributed by atoms with E-state index in [4.69, 9.17) is 4.74 Å². The van der Waals surface area contributed by atoms with Gasteiger partial charge in [-0.2, -0.15) is 0 Å². The summed E-state index contributed by atoms with van der Waals surface area (Å²) in [6, 6.07) is 5.84. The van der Waals surface area contributed by atoms with Crippen LogP contribution in [0.4, 0.5) is 5.69 Å². The van der Waals surface area contributed by atoms with E-state index in [0.29, 0.717) is 12.3 Å². The molecule has 0 aliphatic heterocycles. The summed E-state index contributed by atoms with van der Waals surface area (Å²) >= 11 is 0. The molecule has 1 aliphatic carbocycles. The molecule has 0 fully saturated rings. The highest BCUT2D eigenvalue weighted by molar-refractivity contribution is 5.80. The van der Waals surface area contributed by atoms with Crippen LogP contribution in [0.25, 0.3) is 0 Å². The van der Waals surface area contributed by atoms with Crippen molar-refractivity contribution in [1.29, 1.82) is 0 Å². The molecule has 1 aliphatic rings. The largest absolute Gasteiger partial charge is 0.481 e. The van der Waals surface area contributed by atoms with Crippen LogP contribution in [0, 0.1) is 10.1 Å². The molecule has 0 saturated carbocycles. The zero-order chi connectivity index (χ0) is 16.7. The molecule has 1 aromatic rings. The van der Waals surface area contributed by atoms with Crippen molar-refractivity contribution < 1.29 is 14.5 Å². The van der Waals surface area contributed by atoms with Gasteiger partial charge < -0.3 is 10.1 Å². The Morgan fingerprint density at radius 3 is 2.96 bits per heavy atom. The third-order valence-electron chi connectivity index (χ3n) is 3.84. The number of carbonyl (C=O) groups excluding carboxylic acids is 1. The number of carbonyl (C=O) groups is 1. The van der Waals surface area contributed by atoms with Crippen molar-refractivity contribution in [2.75, 3.05) is 6.54 Å². The minimum Gasteiger partial charge on any atom is -0.481 e. The molecule has 0 unspecified atom stereocenters. The van der Waals surface area contributed by atoms with Crippen molar-refractivity contribution in [3.63, 3.8) is 0 Å². The second kappa shape index (κ2) is 8.31. The first-order chi connectivity index (χ1) is 11.1. The maximum absolute atomic E-state index is 12.0. The Balaban J connectivity index is 1.79.